The highest BCUT2D eigenvalue weighted by Gasteiger charge is 2.30. The third-order valence-corrected chi connectivity index (χ3v) is 4.22. The van der Waals surface area contributed by atoms with Crippen LogP contribution in [0.3, 0.4) is 0 Å². The number of halogens is 3. The zero-order valence-corrected chi connectivity index (χ0v) is 16.8. The zero-order valence-electron chi connectivity index (χ0n) is 16.8. The number of aromatic nitrogens is 2. The number of carbonyl (C=O) groups is 1. The standard InChI is InChI=1S/C21H20F3N3O4/c1-3-30-16-8-7-15(12-17(16)29-2)25-18(28)9-10-19-26-27-20(31-19)13-5-4-6-14(11-13)21(22,23)24/h4-8,11-12H,3,9-10H2,1-2H3,(H,25,28). The van der Waals surface area contributed by atoms with Gasteiger partial charge in [-0.2, -0.15) is 13.2 Å². The quantitative estimate of drug-likeness (QED) is 0.550. The molecule has 1 heterocycles. The summed E-state index contributed by atoms with van der Waals surface area (Å²) < 4.78 is 54.7. The van der Waals surface area contributed by atoms with E-state index in [9.17, 15) is 18.0 Å². The first-order valence-electron chi connectivity index (χ1n) is 9.41. The molecule has 31 heavy (non-hydrogen) atoms. The summed E-state index contributed by atoms with van der Waals surface area (Å²) in [5.74, 6) is 0.855. The van der Waals surface area contributed by atoms with E-state index in [1.54, 1.807) is 18.2 Å². The lowest BCUT2D eigenvalue weighted by atomic mass is 10.1. The fourth-order valence-electron chi connectivity index (χ4n) is 2.76. The number of hydrogen-bond acceptors (Lipinski definition) is 6. The molecule has 0 unspecified atom stereocenters. The molecule has 0 spiro atoms. The lowest BCUT2D eigenvalue weighted by Crippen LogP contribution is -2.12. The van der Waals surface area contributed by atoms with Gasteiger partial charge in [0.1, 0.15) is 0 Å². The number of nitrogens with zero attached hydrogens (tertiary/aromatic N) is 2. The van der Waals surface area contributed by atoms with Gasteiger partial charge in [-0.25, -0.2) is 0 Å². The number of methoxy groups -OCH3 is 1. The molecule has 1 amide bonds. The summed E-state index contributed by atoms with van der Waals surface area (Å²) in [6.07, 6.45) is -4.30. The van der Waals surface area contributed by atoms with Crippen LogP contribution in [0.5, 0.6) is 11.5 Å². The van der Waals surface area contributed by atoms with E-state index < -0.39 is 11.7 Å². The maximum absolute atomic E-state index is 12.9. The Bertz CT molecular complexity index is 1050. The normalized spacial score (nSPS) is 11.3. The highest BCUT2D eigenvalue weighted by atomic mass is 19.4. The SMILES string of the molecule is CCOc1ccc(NC(=O)CCc2nnc(-c3cccc(C(F)(F)F)c3)o2)cc1OC. The summed E-state index contributed by atoms with van der Waals surface area (Å²) in [6.45, 7) is 2.33. The molecule has 3 aromatic rings. The maximum Gasteiger partial charge on any atom is 0.416 e. The molecule has 3 rings (SSSR count). The molecule has 0 fully saturated rings. The van der Waals surface area contributed by atoms with Gasteiger partial charge >= 0.3 is 6.18 Å². The van der Waals surface area contributed by atoms with Crippen LogP contribution in [-0.4, -0.2) is 29.8 Å². The number of nitrogens with one attached hydrogen (secondary N) is 1. The molecule has 0 aliphatic rings. The van der Waals surface area contributed by atoms with Crippen LogP contribution >= 0.6 is 0 Å². The monoisotopic (exact) mass is 435 g/mol. The van der Waals surface area contributed by atoms with Gasteiger partial charge in [-0.15, -0.1) is 10.2 Å². The lowest BCUT2D eigenvalue weighted by molar-refractivity contribution is -0.137. The van der Waals surface area contributed by atoms with E-state index in [-0.39, 0.29) is 36.1 Å². The minimum atomic E-state index is -4.47. The first kappa shape index (κ1) is 22.1. The molecule has 1 aromatic heterocycles. The van der Waals surface area contributed by atoms with Crippen molar-refractivity contribution >= 4 is 11.6 Å². The van der Waals surface area contributed by atoms with Crippen LogP contribution in [0, 0.1) is 0 Å². The number of amides is 1. The Kier molecular flexibility index (Phi) is 6.78. The van der Waals surface area contributed by atoms with Gasteiger partial charge < -0.3 is 19.2 Å². The fraction of sp³-hybridized carbons (Fsp3) is 0.286. The number of carbonyl (C=O) groups excluding carboxylic acids is 1. The molecule has 10 heteroatoms. The van der Waals surface area contributed by atoms with E-state index in [2.05, 4.69) is 15.5 Å². The van der Waals surface area contributed by atoms with Crippen LogP contribution in [0.4, 0.5) is 18.9 Å². The van der Waals surface area contributed by atoms with Gasteiger partial charge in [0.15, 0.2) is 11.5 Å². The van der Waals surface area contributed by atoms with Crippen LogP contribution < -0.4 is 14.8 Å². The molecule has 1 N–H and O–H groups in total. The second-order valence-corrected chi connectivity index (χ2v) is 6.43. The smallest absolute Gasteiger partial charge is 0.416 e. The van der Waals surface area contributed by atoms with E-state index in [1.807, 2.05) is 6.92 Å². The largest absolute Gasteiger partial charge is 0.493 e. The Balaban J connectivity index is 1.60. The van der Waals surface area contributed by atoms with Crippen molar-refractivity contribution in [1.82, 2.24) is 10.2 Å². The average Bonchev–Trinajstić information content (AvgIpc) is 3.22. The molecular weight excluding hydrogens is 415 g/mol. The number of benzene rings is 2. The summed E-state index contributed by atoms with van der Waals surface area (Å²) in [4.78, 5) is 12.2. The van der Waals surface area contributed by atoms with Crippen molar-refractivity contribution in [1.29, 1.82) is 0 Å². The van der Waals surface area contributed by atoms with Crippen molar-refractivity contribution in [3.8, 4) is 23.0 Å². The summed E-state index contributed by atoms with van der Waals surface area (Å²) in [5.41, 5.74) is -0.130. The third-order valence-electron chi connectivity index (χ3n) is 4.22. The number of aryl methyl sites for hydroxylation is 1. The van der Waals surface area contributed by atoms with E-state index in [1.165, 1.54) is 19.2 Å². The number of alkyl halides is 3. The van der Waals surface area contributed by atoms with E-state index in [0.717, 1.165) is 12.1 Å². The van der Waals surface area contributed by atoms with Crippen LogP contribution in [0.15, 0.2) is 46.9 Å². The van der Waals surface area contributed by atoms with Gasteiger partial charge in [-0.05, 0) is 37.3 Å². The van der Waals surface area contributed by atoms with E-state index in [0.29, 0.717) is 23.8 Å². The number of ether oxygens (including phenoxy) is 2. The number of hydrogen-bond donors (Lipinski definition) is 1. The van der Waals surface area contributed by atoms with Crippen molar-refractivity contribution in [3.63, 3.8) is 0 Å². The lowest BCUT2D eigenvalue weighted by Gasteiger charge is -2.11. The Morgan fingerprint density at radius 2 is 1.94 bits per heavy atom. The zero-order chi connectivity index (χ0) is 22.4. The van der Waals surface area contributed by atoms with Gasteiger partial charge in [-0.3, -0.25) is 4.79 Å². The Hall–Kier alpha value is -3.56. The molecule has 0 atom stereocenters. The highest BCUT2D eigenvalue weighted by molar-refractivity contribution is 5.91. The number of rotatable bonds is 8. The van der Waals surface area contributed by atoms with Crippen molar-refractivity contribution in [3.05, 3.63) is 53.9 Å². The molecule has 0 saturated heterocycles. The predicted octanol–water partition coefficient (Wildman–Crippen LogP) is 4.73. The summed E-state index contributed by atoms with van der Waals surface area (Å²) in [5, 5.41) is 10.3. The van der Waals surface area contributed by atoms with Crippen LogP contribution in [-0.2, 0) is 17.4 Å². The molecule has 0 saturated carbocycles. The van der Waals surface area contributed by atoms with E-state index >= 15 is 0 Å². The number of anilines is 1. The fourth-order valence-corrected chi connectivity index (χ4v) is 2.76. The maximum atomic E-state index is 12.9. The van der Waals surface area contributed by atoms with Crippen molar-refractivity contribution < 1.29 is 31.9 Å². The van der Waals surface area contributed by atoms with Crippen molar-refractivity contribution in [2.45, 2.75) is 25.9 Å². The molecule has 0 aliphatic carbocycles. The highest BCUT2D eigenvalue weighted by Crippen LogP contribution is 2.32. The minimum absolute atomic E-state index is 0.0414. The second-order valence-electron chi connectivity index (χ2n) is 6.43. The van der Waals surface area contributed by atoms with E-state index in [4.69, 9.17) is 13.9 Å². The Labute approximate surface area is 176 Å². The van der Waals surface area contributed by atoms with Crippen molar-refractivity contribution in [2.24, 2.45) is 0 Å². The molecule has 0 radical (unpaired) electrons. The Morgan fingerprint density at radius 3 is 2.65 bits per heavy atom. The van der Waals surface area contributed by atoms with Crippen LogP contribution in [0.1, 0.15) is 24.8 Å². The molecule has 0 bridgehead atoms. The first-order chi connectivity index (χ1) is 14.8. The van der Waals surface area contributed by atoms with Gasteiger partial charge in [-0.1, -0.05) is 6.07 Å². The first-order valence-corrected chi connectivity index (χ1v) is 9.41. The Morgan fingerprint density at radius 1 is 1.13 bits per heavy atom. The van der Waals surface area contributed by atoms with Crippen LogP contribution in [0.25, 0.3) is 11.5 Å². The molecule has 0 aliphatic heterocycles. The molecular formula is C21H20F3N3O4. The molecule has 7 nitrogen and oxygen atoms in total. The molecule has 164 valence electrons. The minimum Gasteiger partial charge on any atom is -0.493 e. The van der Waals surface area contributed by atoms with Crippen molar-refractivity contribution in [2.75, 3.05) is 19.0 Å². The second kappa shape index (κ2) is 9.50. The van der Waals surface area contributed by atoms with Gasteiger partial charge in [0.05, 0.1) is 19.3 Å². The van der Waals surface area contributed by atoms with Gasteiger partial charge in [0.25, 0.3) is 0 Å². The third kappa shape index (κ3) is 5.74. The average molecular weight is 435 g/mol. The summed E-state index contributed by atoms with van der Waals surface area (Å²) in [6, 6.07) is 9.62. The van der Waals surface area contributed by atoms with Gasteiger partial charge in [0.2, 0.25) is 17.7 Å². The topological polar surface area (TPSA) is 86.5 Å². The molecule has 2 aromatic carbocycles. The van der Waals surface area contributed by atoms with Crippen LogP contribution in [0.2, 0.25) is 0 Å². The predicted molar refractivity (Wildman–Crippen MR) is 106 cm³/mol. The van der Waals surface area contributed by atoms with Gasteiger partial charge in [0, 0.05) is 30.2 Å². The summed E-state index contributed by atoms with van der Waals surface area (Å²) in [7, 11) is 1.50. The summed E-state index contributed by atoms with van der Waals surface area (Å²) >= 11 is 0.